The number of thioether (sulfide) groups is 1. The van der Waals surface area contributed by atoms with Crippen molar-refractivity contribution in [3.8, 4) is 11.3 Å². The summed E-state index contributed by atoms with van der Waals surface area (Å²) in [6.07, 6.45) is 2.12. The summed E-state index contributed by atoms with van der Waals surface area (Å²) in [6.45, 7) is 1.95. The van der Waals surface area contributed by atoms with Gasteiger partial charge in [0, 0.05) is 23.6 Å². The Morgan fingerprint density at radius 3 is 2.56 bits per heavy atom. The van der Waals surface area contributed by atoms with E-state index in [2.05, 4.69) is 54.8 Å². The monoisotopic (exact) mass is 441 g/mol. The molecule has 160 valence electrons. The number of rotatable bonds is 8. The molecule has 32 heavy (non-hydrogen) atoms. The Morgan fingerprint density at radius 1 is 0.969 bits per heavy atom. The van der Waals surface area contributed by atoms with Crippen molar-refractivity contribution < 1.29 is 0 Å². The van der Waals surface area contributed by atoms with Crippen LogP contribution in [0, 0.1) is 6.92 Å². The summed E-state index contributed by atoms with van der Waals surface area (Å²) < 4.78 is 1.74. The van der Waals surface area contributed by atoms with Crippen LogP contribution in [-0.4, -0.2) is 35.5 Å². The van der Waals surface area contributed by atoms with Crippen molar-refractivity contribution in [3.63, 3.8) is 0 Å². The zero-order valence-electron chi connectivity index (χ0n) is 17.7. The molecule has 5 aromatic rings. The summed E-state index contributed by atoms with van der Waals surface area (Å²) in [5.41, 5.74) is 4.25. The van der Waals surface area contributed by atoms with Crippen molar-refractivity contribution in [1.29, 1.82) is 0 Å². The second-order valence-electron chi connectivity index (χ2n) is 7.48. The average molecular weight is 442 g/mol. The lowest BCUT2D eigenvalue weighted by Crippen LogP contribution is -2.02. The molecule has 0 aliphatic heterocycles. The molecule has 0 aliphatic carbocycles. The van der Waals surface area contributed by atoms with Gasteiger partial charge in [0.2, 0.25) is 5.16 Å². The van der Waals surface area contributed by atoms with E-state index in [0.29, 0.717) is 11.6 Å². The third kappa shape index (κ3) is 4.65. The molecule has 0 fully saturated rings. The van der Waals surface area contributed by atoms with E-state index in [1.54, 1.807) is 16.3 Å². The van der Waals surface area contributed by atoms with Gasteiger partial charge in [-0.15, -0.1) is 5.10 Å². The standard InChI is InChI=1S/C24H23N7S/c1-17-15-22(26-21-16-20(28-29-21)19-12-6-3-7-13-19)31-23(25-17)27-24(30-31)32-14-8-11-18-9-4-2-5-10-18/h2-7,9-10,12-13,15-16H,8,11,14H2,1H3,(H2,26,28,29). The van der Waals surface area contributed by atoms with Gasteiger partial charge in [-0.25, -0.2) is 4.98 Å². The number of anilines is 2. The SMILES string of the molecule is Cc1cc(Nc2cc(-c3ccccc3)[nH]n2)n2nc(SCCCc3ccccc3)nc2n1. The summed E-state index contributed by atoms with van der Waals surface area (Å²) in [5, 5.41) is 16.2. The highest BCUT2D eigenvalue weighted by atomic mass is 32.2. The van der Waals surface area contributed by atoms with Gasteiger partial charge < -0.3 is 5.32 Å². The Hall–Kier alpha value is -3.65. The molecule has 0 unspecified atom stereocenters. The first-order chi connectivity index (χ1) is 15.7. The first kappa shape index (κ1) is 20.3. The van der Waals surface area contributed by atoms with Gasteiger partial charge in [-0.2, -0.15) is 14.6 Å². The van der Waals surface area contributed by atoms with Crippen molar-refractivity contribution in [2.24, 2.45) is 0 Å². The lowest BCUT2D eigenvalue weighted by molar-refractivity contribution is 0.875. The van der Waals surface area contributed by atoms with Crippen LogP contribution >= 0.6 is 11.8 Å². The van der Waals surface area contributed by atoms with E-state index in [1.165, 1.54) is 5.56 Å². The highest BCUT2D eigenvalue weighted by Crippen LogP contribution is 2.24. The van der Waals surface area contributed by atoms with Crippen molar-refractivity contribution in [1.82, 2.24) is 29.8 Å². The molecule has 3 aromatic heterocycles. The van der Waals surface area contributed by atoms with E-state index < -0.39 is 0 Å². The summed E-state index contributed by atoms with van der Waals surface area (Å²) in [7, 11) is 0. The Morgan fingerprint density at radius 2 is 1.75 bits per heavy atom. The van der Waals surface area contributed by atoms with Gasteiger partial charge in [-0.05, 0) is 30.9 Å². The molecule has 2 aromatic carbocycles. The molecule has 2 N–H and O–H groups in total. The lowest BCUT2D eigenvalue weighted by Gasteiger charge is -2.05. The summed E-state index contributed by atoms with van der Waals surface area (Å²) in [6, 6.07) is 24.6. The molecular formula is C24H23N7S. The third-order valence-corrected chi connectivity index (χ3v) is 5.95. The molecular weight excluding hydrogens is 418 g/mol. The van der Waals surface area contributed by atoms with Crippen LogP contribution in [0.25, 0.3) is 17.0 Å². The molecule has 8 heteroatoms. The fourth-order valence-corrected chi connectivity index (χ4v) is 4.24. The molecule has 0 aliphatic rings. The second-order valence-corrected chi connectivity index (χ2v) is 8.55. The molecule has 0 bridgehead atoms. The number of H-pyrrole nitrogens is 1. The topological polar surface area (TPSA) is 83.8 Å². The van der Waals surface area contributed by atoms with Crippen LogP contribution in [-0.2, 0) is 6.42 Å². The molecule has 0 saturated carbocycles. The van der Waals surface area contributed by atoms with Gasteiger partial charge in [0.05, 0.1) is 5.69 Å². The van der Waals surface area contributed by atoms with Crippen LogP contribution in [0.2, 0.25) is 0 Å². The second kappa shape index (κ2) is 9.23. The minimum Gasteiger partial charge on any atom is -0.323 e. The van der Waals surface area contributed by atoms with Crippen molar-refractivity contribution >= 4 is 29.2 Å². The zero-order chi connectivity index (χ0) is 21.8. The number of aromatic nitrogens is 6. The van der Waals surface area contributed by atoms with Gasteiger partial charge in [-0.1, -0.05) is 72.4 Å². The maximum Gasteiger partial charge on any atom is 0.255 e. The van der Waals surface area contributed by atoms with E-state index in [-0.39, 0.29) is 0 Å². The molecule has 5 rings (SSSR count). The van der Waals surface area contributed by atoms with Crippen LogP contribution in [0.4, 0.5) is 11.6 Å². The van der Waals surface area contributed by atoms with Gasteiger partial charge >= 0.3 is 0 Å². The van der Waals surface area contributed by atoms with E-state index in [9.17, 15) is 0 Å². The number of aryl methyl sites for hydroxylation is 2. The third-order valence-electron chi connectivity index (χ3n) is 5.02. The normalized spacial score (nSPS) is 11.2. The largest absolute Gasteiger partial charge is 0.323 e. The van der Waals surface area contributed by atoms with Gasteiger partial charge in [0.1, 0.15) is 5.82 Å². The minimum atomic E-state index is 0.580. The predicted octanol–water partition coefficient (Wildman–Crippen LogP) is 5.29. The predicted molar refractivity (Wildman–Crippen MR) is 128 cm³/mol. The zero-order valence-corrected chi connectivity index (χ0v) is 18.5. The van der Waals surface area contributed by atoms with Crippen molar-refractivity contribution in [2.45, 2.75) is 24.9 Å². The number of fused-ring (bicyclic) bond motifs is 1. The van der Waals surface area contributed by atoms with Crippen molar-refractivity contribution in [3.05, 3.63) is 84.1 Å². The number of hydrogen-bond acceptors (Lipinski definition) is 6. The average Bonchev–Trinajstić information content (AvgIpc) is 3.45. The maximum absolute atomic E-state index is 4.67. The lowest BCUT2D eigenvalue weighted by atomic mass is 10.1. The highest BCUT2D eigenvalue weighted by Gasteiger charge is 2.12. The number of nitrogens with one attached hydrogen (secondary N) is 2. The van der Waals surface area contributed by atoms with Crippen molar-refractivity contribution in [2.75, 3.05) is 11.1 Å². The Labute approximate surface area is 190 Å². The molecule has 0 spiro atoms. The summed E-state index contributed by atoms with van der Waals surface area (Å²) >= 11 is 1.66. The van der Waals surface area contributed by atoms with E-state index in [0.717, 1.165) is 46.5 Å². The summed E-state index contributed by atoms with van der Waals surface area (Å²) in [4.78, 5) is 9.14. The van der Waals surface area contributed by atoms with Crippen LogP contribution < -0.4 is 5.32 Å². The highest BCUT2D eigenvalue weighted by molar-refractivity contribution is 7.99. The number of benzene rings is 2. The van der Waals surface area contributed by atoms with Crippen LogP contribution in [0.1, 0.15) is 17.7 Å². The number of nitrogens with zero attached hydrogens (tertiary/aromatic N) is 5. The molecule has 0 atom stereocenters. The van der Waals surface area contributed by atoms with Gasteiger partial charge in [-0.3, -0.25) is 5.10 Å². The fourth-order valence-electron chi connectivity index (χ4n) is 3.49. The molecule has 7 nitrogen and oxygen atoms in total. The number of aromatic amines is 1. The van der Waals surface area contributed by atoms with E-state index >= 15 is 0 Å². The smallest absolute Gasteiger partial charge is 0.255 e. The Bertz CT molecular complexity index is 1310. The Balaban J connectivity index is 1.29. The van der Waals surface area contributed by atoms with Crippen LogP contribution in [0.5, 0.6) is 0 Å². The van der Waals surface area contributed by atoms with Crippen LogP contribution in [0.15, 0.2) is 78.0 Å². The maximum atomic E-state index is 4.67. The minimum absolute atomic E-state index is 0.580. The first-order valence-corrected chi connectivity index (χ1v) is 11.5. The Kier molecular flexibility index (Phi) is 5.85. The van der Waals surface area contributed by atoms with Crippen LogP contribution in [0.3, 0.4) is 0 Å². The molecule has 0 saturated heterocycles. The quantitative estimate of drug-likeness (QED) is 0.251. The van der Waals surface area contributed by atoms with Gasteiger partial charge in [0.15, 0.2) is 5.82 Å². The van der Waals surface area contributed by atoms with E-state index in [1.807, 2.05) is 55.5 Å². The first-order valence-electron chi connectivity index (χ1n) is 10.5. The molecule has 3 heterocycles. The molecule has 0 radical (unpaired) electrons. The van der Waals surface area contributed by atoms with Gasteiger partial charge in [0.25, 0.3) is 5.78 Å². The van der Waals surface area contributed by atoms with E-state index in [4.69, 9.17) is 0 Å². The summed E-state index contributed by atoms with van der Waals surface area (Å²) in [5.74, 6) is 3.02. The number of hydrogen-bond donors (Lipinski definition) is 2. The fraction of sp³-hybridized carbons (Fsp3) is 0.167. The molecule has 0 amide bonds.